The lowest BCUT2D eigenvalue weighted by Gasteiger charge is -2.34. The zero-order valence-corrected chi connectivity index (χ0v) is 16.2. The van der Waals surface area contributed by atoms with Gasteiger partial charge in [0.15, 0.2) is 6.23 Å². The fourth-order valence-electron chi connectivity index (χ4n) is 3.94. The number of ether oxygens (including phenoxy) is 2. The molecule has 0 aliphatic carbocycles. The molecule has 2 unspecified atom stereocenters. The molecule has 0 radical (unpaired) electrons. The molecule has 4 nitrogen and oxygen atoms in total. The monoisotopic (exact) mass is 384 g/mol. The van der Waals surface area contributed by atoms with Gasteiger partial charge in [-0.3, -0.25) is 0 Å². The topological polar surface area (TPSA) is 34.6 Å². The summed E-state index contributed by atoms with van der Waals surface area (Å²) in [6.45, 7) is 0. The van der Waals surface area contributed by atoms with Gasteiger partial charge >= 0.3 is 0 Å². The van der Waals surface area contributed by atoms with Crippen LogP contribution in [0.5, 0.6) is 17.4 Å². The molecule has 2 aromatic carbocycles. The Morgan fingerprint density at radius 3 is 2.54 bits per heavy atom. The molecule has 6 rings (SSSR count). The third kappa shape index (κ3) is 2.31. The van der Waals surface area contributed by atoms with Crippen LogP contribution in [0.1, 0.15) is 5.56 Å². The van der Waals surface area contributed by atoms with E-state index in [-0.39, 0.29) is 6.23 Å². The number of rotatable bonds is 0. The molecule has 3 aliphatic rings. The Hall–Kier alpha value is -3.10. The molecule has 1 aromatic heterocycles. The van der Waals surface area contributed by atoms with E-state index in [0.29, 0.717) is 14.5 Å². The first-order valence-electron chi connectivity index (χ1n) is 9.25. The largest absolute Gasteiger partial charge is 0.456 e. The molecule has 4 heterocycles. The van der Waals surface area contributed by atoms with Gasteiger partial charge in [0, 0.05) is 40.5 Å². The minimum absolute atomic E-state index is 0.211. The predicted octanol–water partition coefficient (Wildman–Crippen LogP) is 4.04. The molecular formula is C23H17N2O2P. The minimum atomic E-state index is -0.211. The van der Waals surface area contributed by atoms with E-state index < -0.39 is 0 Å². The molecule has 3 aliphatic heterocycles. The van der Waals surface area contributed by atoms with Crippen LogP contribution in [0.4, 0.5) is 0 Å². The van der Waals surface area contributed by atoms with Crippen molar-refractivity contribution in [2.24, 2.45) is 0 Å². The van der Waals surface area contributed by atoms with E-state index in [9.17, 15) is 0 Å². The highest BCUT2D eigenvalue weighted by molar-refractivity contribution is 7.56. The Bertz CT molecular complexity index is 1180. The molecule has 0 fully saturated rings. The molecule has 0 N–H and O–H groups in total. The Morgan fingerprint density at radius 1 is 0.929 bits per heavy atom. The molecule has 0 saturated carbocycles. The summed E-state index contributed by atoms with van der Waals surface area (Å²) in [4.78, 5) is 6.94. The average molecular weight is 384 g/mol. The predicted molar refractivity (Wildman–Crippen MR) is 113 cm³/mol. The van der Waals surface area contributed by atoms with Crippen molar-refractivity contribution < 1.29 is 9.47 Å². The summed E-state index contributed by atoms with van der Waals surface area (Å²) in [5, 5.41) is 2.42. The van der Waals surface area contributed by atoms with E-state index in [1.54, 1.807) is 0 Å². The van der Waals surface area contributed by atoms with Gasteiger partial charge in [0.05, 0.1) is 5.69 Å². The fraction of sp³-hybridized carbons (Fsp3) is 0.0870. The van der Waals surface area contributed by atoms with E-state index in [1.807, 2.05) is 36.4 Å². The molecule has 0 saturated heterocycles. The van der Waals surface area contributed by atoms with Gasteiger partial charge in [-0.1, -0.05) is 36.4 Å². The SMILES string of the molecule is CN1C2=CC=CC1Oc1cccc(n1)-c1cccc3c1Pc1c(cccc12)O3. The number of pyridine rings is 1. The summed E-state index contributed by atoms with van der Waals surface area (Å²) >= 11 is 0. The summed E-state index contributed by atoms with van der Waals surface area (Å²) in [5.41, 5.74) is 4.32. The molecule has 0 spiro atoms. The van der Waals surface area contributed by atoms with Gasteiger partial charge in [-0.05, 0) is 38.9 Å². The summed E-state index contributed by atoms with van der Waals surface area (Å²) < 4.78 is 12.6. The third-order valence-corrected chi connectivity index (χ3v) is 6.86. The first-order chi connectivity index (χ1) is 13.8. The Labute approximate surface area is 164 Å². The molecule has 136 valence electrons. The van der Waals surface area contributed by atoms with E-state index in [4.69, 9.17) is 14.5 Å². The van der Waals surface area contributed by atoms with Crippen molar-refractivity contribution >= 4 is 24.9 Å². The lowest BCUT2D eigenvalue weighted by Crippen LogP contribution is -2.37. The summed E-state index contributed by atoms with van der Waals surface area (Å²) in [5.74, 6) is 2.46. The average Bonchev–Trinajstić information content (AvgIpc) is 2.73. The molecule has 0 amide bonds. The van der Waals surface area contributed by atoms with Crippen LogP contribution in [-0.2, 0) is 0 Å². The van der Waals surface area contributed by atoms with E-state index in [2.05, 4.69) is 48.4 Å². The van der Waals surface area contributed by atoms with E-state index in [1.165, 1.54) is 16.2 Å². The van der Waals surface area contributed by atoms with Crippen molar-refractivity contribution in [1.29, 1.82) is 0 Å². The summed E-state index contributed by atoms with van der Waals surface area (Å²) in [6, 6.07) is 18.4. The van der Waals surface area contributed by atoms with Crippen LogP contribution >= 0.6 is 8.58 Å². The molecule has 2 atom stereocenters. The number of aromatic nitrogens is 1. The molecule has 3 aromatic rings. The number of nitrogens with zero attached hydrogens (tertiary/aromatic N) is 2. The van der Waals surface area contributed by atoms with E-state index in [0.717, 1.165) is 28.5 Å². The Balaban J connectivity index is 1.66. The second-order valence-electron chi connectivity index (χ2n) is 7.00. The lowest BCUT2D eigenvalue weighted by atomic mass is 10.1. The molecule has 28 heavy (non-hydrogen) atoms. The van der Waals surface area contributed by atoms with E-state index >= 15 is 0 Å². The second-order valence-corrected chi connectivity index (χ2v) is 8.25. The highest BCUT2D eigenvalue weighted by atomic mass is 31.1. The van der Waals surface area contributed by atoms with Gasteiger partial charge in [0.25, 0.3) is 0 Å². The number of hydrogen-bond acceptors (Lipinski definition) is 4. The maximum atomic E-state index is 6.33. The first-order valence-corrected chi connectivity index (χ1v) is 10.2. The van der Waals surface area contributed by atoms with Crippen molar-refractivity contribution in [1.82, 2.24) is 9.88 Å². The number of hydrogen-bond donors (Lipinski definition) is 0. The second kappa shape index (κ2) is 5.95. The zero-order valence-electron chi connectivity index (χ0n) is 15.2. The quantitative estimate of drug-likeness (QED) is 0.429. The third-order valence-electron chi connectivity index (χ3n) is 5.33. The van der Waals surface area contributed by atoms with Crippen molar-refractivity contribution in [2.45, 2.75) is 6.23 Å². The number of fused-ring (bicyclic) bond motifs is 6. The smallest absolute Gasteiger partial charge is 0.216 e. The minimum Gasteiger partial charge on any atom is -0.456 e. The van der Waals surface area contributed by atoms with Crippen LogP contribution in [0, 0.1) is 0 Å². The van der Waals surface area contributed by atoms with Crippen LogP contribution in [0.25, 0.3) is 17.0 Å². The van der Waals surface area contributed by atoms with Gasteiger partial charge in [-0.15, -0.1) is 0 Å². The van der Waals surface area contributed by atoms with Crippen LogP contribution in [0.15, 0.2) is 72.8 Å². The summed E-state index contributed by atoms with van der Waals surface area (Å²) in [6.07, 6.45) is 6.03. The van der Waals surface area contributed by atoms with Crippen LogP contribution < -0.4 is 20.1 Å². The van der Waals surface area contributed by atoms with Crippen molar-refractivity contribution in [3.63, 3.8) is 0 Å². The highest BCUT2D eigenvalue weighted by Crippen LogP contribution is 2.40. The lowest BCUT2D eigenvalue weighted by molar-refractivity contribution is 0.125. The van der Waals surface area contributed by atoms with Gasteiger partial charge in [0.1, 0.15) is 11.5 Å². The van der Waals surface area contributed by atoms with Crippen LogP contribution in [0.3, 0.4) is 0 Å². The highest BCUT2D eigenvalue weighted by Gasteiger charge is 2.28. The molecule has 6 bridgehead atoms. The normalized spacial score (nSPS) is 19.1. The maximum Gasteiger partial charge on any atom is 0.216 e. The fourth-order valence-corrected chi connectivity index (χ4v) is 5.40. The van der Waals surface area contributed by atoms with Crippen LogP contribution in [0.2, 0.25) is 0 Å². The standard InChI is InChI=1S/C23H17N2O2P/c1-25-17-9-5-13-21(25)27-20-12-4-8-16(24-20)14-6-2-10-18-22(14)28-23-15(17)7-3-11-19(23)26-18/h2-13,21,28H,1H3. The van der Waals surface area contributed by atoms with Gasteiger partial charge in [-0.2, -0.15) is 0 Å². The molecule has 5 heteroatoms. The Morgan fingerprint density at radius 2 is 1.68 bits per heavy atom. The van der Waals surface area contributed by atoms with Crippen molar-refractivity contribution in [3.8, 4) is 28.6 Å². The zero-order chi connectivity index (χ0) is 18.7. The van der Waals surface area contributed by atoms with Crippen molar-refractivity contribution in [2.75, 3.05) is 7.05 Å². The van der Waals surface area contributed by atoms with Crippen LogP contribution in [-0.4, -0.2) is 23.2 Å². The maximum absolute atomic E-state index is 6.33. The number of benzene rings is 2. The first kappa shape index (κ1) is 15.9. The molecular weight excluding hydrogens is 367 g/mol. The van der Waals surface area contributed by atoms with Gasteiger partial charge < -0.3 is 14.4 Å². The van der Waals surface area contributed by atoms with Crippen molar-refractivity contribution in [3.05, 3.63) is 78.4 Å². The Kier molecular flexibility index (Phi) is 3.38. The van der Waals surface area contributed by atoms with Gasteiger partial charge in [0.2, 0.25) is 5.88 Å². The number of likely N-dealkylation sites (N-methyl/N-ethyl adjacent to an activating group) is 1. The van der Waals surface area contributed by atoms with Gasteiger partial charge in [-0.25, -0.2) is 4.98 Å². The number of allylic oxidation sites excluding steroid dienone is 2. The summed E-state index contributed by atoms with van der Waals surface area (Å²) in [7, 11) is 2.55.